The first-order valence-corrected chi connectivity index (χ1v) is 8.24. The van der Waals surface area contributed by atoms with E-state index in [1.165, 1.54) is 19.3 Å². The lowest BCUT2D eigenvalue weighted by Crippen LogP contribution is -2.31. The molecule has 0 aliphatic heterocycles. The molecular weight excluding hydrogens is 272 g/mol. The van der Waals surface area contributed by atoms with Gasteiger partial charge in [0.1, 0.15) is 10.8 Å². The number of fused-ring (bicyclic) bond motifs is 1. The Morgan fingerprint density at radius 3 is 2.40 bits per heavy atom. The van der Waals surface area contributed by atoms with Crippen LogP contribution >= 0.6 is 11.6 Å². The van der Waals surface area contributed by atoms with Gasteiger partial charge in [-0.1, -0.05) is 31.9 Å². The molecule has 0 saturated heterocycles. The van der Waals surface area contributed by atoms with Gasteiger partial charge in [-0.05, 0) is 45.4 Å². The Morgan fingerprint density at radius 2 is 1.75 bits per heavy atom. The van der Waals surface area contributed by atoms with Crippen LogP contribution in [-0.4, -0.2) is 16.6 Å². The van der Waals surface area contributed by atoms with Crippen LogP contribution in [0.25, 0.3) is 0 Å². The second kappa shape index (κ2) is 6.86. The fourth-order valence-electron chi connectivity index (χ4n) is 3.04. The summed E-state index contributed by atoms with van der Waals surface area (Å²) >= 11 is 6.43. The van der Waals surface area contributed by atoms with Gasteiger partial charge in [0.25, 0.3) is 0 Å². The molecule has 2 rings (SSSR count). The van der Waals surface area contributed by atoms with Gasteiger partial charge in [-0.3, -0.25) is 0 Å². The highest BCUT2D eigenvalue weighted by molar-refractivity contribution is 6.30. The SMILES string of the molecule is CCOC(CC)(CC)c1nc(Cl)c2c(n1)CCCCC2. The first kappa shape index (κ1) is 15.7. The van der Waals surface area contributed by atoms with Gasteiger partial charge in [0.2, 0.25) is 0 Å². The van der Waals surface area contributed by atoms with Gasteiger partial charge in [-0.25, -0.2) is 9.97 Å². The van der Waals surface area contributed by atoms with Crippen LogP contribution in [0.5, 0.6) is 0 Å². The van der Waals surface area contributed by atoms with E-state index >= 15 is 0 Å². The highest BCUT2D eigenvalue weighted by Crippen LogP contribution is 2.34. The summed E-state index contributed by atoms with van der Waals surface area (Å²) < 4.78 is 6.01. The number of ether oxygens (including phenoxy) is 1. The average Bonchev–Trinajstić information content (AvgIpc) is 2.70. The third-order valence-electron chi connectivity index (χ3n) is 4.35. The fraction of sp³-hybridized carbons (Fsp3) is 0.750. The molecule has 0 bridgehead atoms. The van der Waals surface area contributed by atoms with E-state index in [-0.39, 0.29) is 5.60 Å². The lowest BCUT2D eigenvalue weighted by molar-refractivity contribution is -0.0573. The van der Waals surface area contributed by atoms with E-state index in [1.54, 1.807) is 0 Å². The summed E-state index contributed by atoms with van der Waals surface area (Å²) in [7, 11) is 0. The number of nitrogens with zero attached hydrogens (tertiary/aromatic N) is 2. The monoisotopic (exact) mass is 296 g/mol. The summed E-state index contributed by atoms with van der Waals surface area (Å²) in [6.07, 6.45) is 7.39. The standard InChI is InChI=1S/C16H25ClN2O/c1-4-16(5-2,20-6-3)15-18-13-11-9-7-8-10-12(13)14(17)19-15/h4-11H2,1-3H3. The first-order valence-electron chi connectivity index (χ1n) is 7.86. The summed E-state index contributed by atoms with van der Waals surface area (Å²) in [6.45, 7) is 6.94. The summed E-state index contributed by atoms with van der Waals surface area (Å²) in [5.41, 5.74) is 1.91. The average molecular weight is 297 g/mol. The number of hydrogen-bond acceptors (Lipinski definition) is 3. The van der Waals surface area contributed by atoms with Gasteiger partial charge >= 0.3 is 0 Å². The summed E-state index contributed by atoms with van der Waals surface area (Å²) in [6, 6.07) is 0. The van der Waals surface area contributed by atoms with Gasteiger partial charge < -0.3 is 4.74 Å². The molecule has 1 heterocycles. The predicted molar refractivity (Wildman–Crippen MR) is 82.2 cm³/mol. The van der Waals surface area contributed by atoms with Crippen molar-refractivity contribution >= 4 is 11.6 Å². The summed E-state index contributed by atoms with van der Waals surface area (Å²) in [5.74, 6) is 0.773. The largest absolute Gasteiger partial charge is 0.367 e. The van der Waals surface area contributed by atoms with Crippen molar-refractivity contribution in [1.82, 2.24) is 9.97 Å². The van der Waals surface area contributed by atoms with Crippen LogP contribution in [-0.2, 0) is 23.2 Å². The molecule has 0 radical (unpaired) electrons. The maximum Gasteiger partial charge on any atom is 0.162 e. The molecule has 112 valence electrons. The highest BCUT2D eigenvalue weighted by atomic mass is 35.5. The molecule has 20 heavy (non-hydrogen) atoms. The normalized spacial score (nSPS) is 15.8. The van der Waals surface area contributed by atoms with E-state index < -0.39 is 0 Å². The molecule has 0 spiro atoms. The Hall–Kier alpha value is -0.670. The van der Waals surface area contributed by atoms with Gasteiger partial charge in [0.15, 0.2) is 5.82 Å². The third-order valence-corrected chi connectivity index (χ3v) is 4.67. The number of hydrogen-bond donors (Lipinski definition) is 0. The van der Waals surface area contributed by atoms with E-state index in [2.05, 4.69) is 18.8 Å². The molecule has 1 aromatic rings. The summed E-state index contributed by atoms with van der Waals surface area (Å²) in [4.78, 5) is 9.44. The number of aromatic nitrogens is 2. The van der Waals surface area contributed by atoms with Crippen LogP contribution in [0.3, 0.4) is 0 Å². The molecule has 0 fully saturated rings. The molecule has 4 heteroatoms. The number of halogens is 1. The highest BCUT2D eigenvalue weighted by Gasteiger charge is 2.33. The van der Waals surface area contributed by atoms with Crippen LogP contribution < -0.4 is 0 Å². The third kappa shape index (κ3) is 2.99. The molecule has 0 unspecified atom stereocenters. The minimum absolute atomic E-state index is 0.389. The zero-order chi connectivity index (χ0) is 14.6. The molecule has 0 saturated carbocycles. The van der Waals surface area contributed by atoms with E-state index in [9.17, 15) is 0 Å². The van der Waals surface area contributed by atoms with E-state index in [0.717, 1.165) is 42.8 Å². The van der Waals surface area contributed by atoms with Gasteiger partial charge in [0.05, 0.1) is 0 Å². The van der Waals surface area contributed by atoms with E-state index in [4.69, 9.17) is 21.3 Å². The van der Waals surface area contributed by atoms with E-state index in [1.807, 2.05) is 6.92 Å². The van der Waals surface area contributed by atoms with Gasteiger partial charge in [-0.2, -0.15) is 0 Å². The van der Waals surface area contributed by atoms with Crippen molar-refractivity contribution in [3.8, 4) is 0 Å². The Morgan fingerprint density at radius 1 is 1.05 bits per heavy atom. The molecule has 0 atom stereocenters. The maximum absolute atomic E-state index is 6.43. The molecule has 0 amide bonds. The minimum atomic E-state index is -0.389. The van der Waals surface area contributed by atoms with E-state index in [0.29, 0.717) is 11.8 Å². The molecular formula is C16H25ClN2O. The van der Waals surface area contributed by atoms with Crippen molar-refractivity contribution < 1.29 is 4.74 Å². The van der Waals surface area contributed by atoms with Crippen molar-refractivity contribution in [3.63, 3.8) is 0 Å². The Kier molecular flexibility index (Phi) is 5.39. The zero-order valence-corrected chi connectivity index (χ0v) is 13.6. The molecule has 0 aromatic carbocycles. The van der Waals surface area contributed by atoms with Crippen LogP contribution in [0.4, 0.5) is 0 Å². The lowest BCUT2D eigenvalue weighted by Gasteiger charge is -2.30. The predicted octanol–water partition coefficient (Wildman–Crippen LogP) is 4.45. The fourth-order valence-corrected chi connectivity index (χ4v) is 3.32. The quantitative estimate of drug-likeness (QED) is 0.595. The molecule has 3 nitrogen and oxygen atoms in total. The van der Waals surface area contributed by atoms with Crippen LogP contribution in [0.15, 0.2) is 0 Å². The van der Waals surface area contributed by atoms with Crippen LogP contribution in [0.2, 0.25) is 5.15 Å². The number of rotatable bonds is 5. The van der Waals surface area contributed by atoms with Crippen LogP contribution in [0.1, 0.15) is 70.0 Å². The number of aryl methyl sites for hydroxylation is 1. The molecule has 0 N–H and O–H groups in total. The summed E-state index contributed by atoms with van der Waals surface area (Å²) in [5, 5.41) is 0.637. The van der Waals surface area contributed by atoms with Crippen LogP contribution in [0, 0.1) is 0 Å². The maximum atomic E-state index is 6.43. The van der Waals surface area contributed by atoms with Crippen molar-refractivity contribution in [2.75, 3.05) is 6.61 Å². The Balaban J connectivity index is 2.46. The first-order chi connectivity index (χ1) is 9.66. The lowest BCUT2D eigenvalue weighted by atomic mass is 9.95. The van der Waals surface area contributed by atoms with Crippen molar-refractivity contribution in [2.24, 2.45) is 0 Å². The van der Waals surface area contributed by atoms with Gasteiger partial charge in [-0.15, -0.1) is 0 Å². The molecule has 1 aliphatic carbocycles. The minimum Gasteiger partial charge on any atom is -0.367 e. The second-order valence-corrected chi connectivity index (χ2v) is 5.82. The zero-order valence-electron chi connectivity index (χ0n) is 12.8. The smallest absolute Gasteiger partial charge is 0.162 e. The second-order valence-electron chi connectivity index (χ2n) is 5.46. The Bertz CT molecular complexity index is 458. The molecule has 1 aromatic heterocycles. The molecule has 1 aliphatic rings. The van der Waals surface area contributed by atoms with Crippen molar-refractivity contribution in [3.05, 3.63) is 22.2 Å². The topological polar surface area (TPSA) is 35.0 Å². The van der Waals surface area contributed by atoms with Crippen molar-refractivity contribution in [2.45, 2.75) is 71.3 Å². The van der Waals surface area contributed by atoms with Crippen molar-refractivity contribution in [1.29, 1.82) is 0 Å². The van der Waals surface area contributed by atoms with Gasteiger partial charge in [0, 0.05) is 17.9 Å². The Labute approximate surface area is 127 Å².